The highest BCUT2D eigenvalue weighted by Crippen LogP contribution is 2.12. The molecule has 0 aliphatic rings. The minimum absolute atomic E-state index is 0.412. The van der Waals surface area contributed by atoms with Crippen LogP contribution < -0.4 is 4.74 Å². The van der Waals surface area contributed by atoms with Crippen LogP contribution >= 0.6 is 0 Å². The molecule has 0 N–H and O–H groups in total. The Balaban J connectivity index is 1.95. The number of ether oxygens (including phenoxy) is 1. The Labute approximate surface area is 116 Å². The van der Waals surface area contributed by atoms with Crippen molar-refractivity contribution in [1.29, 1.82) is 0 Å². The third-order valence-electron chi connectivity index (χ3n) is 2.65. The second-order valence-electron chi connectivity index (χ2n) is 4.30. The number of hydrogen-bond donors (Lipinski definition) is 0. The summed E-state index contributed by atoms with van der Waals surface area (Å²) in [6.45, 7) is 2.39. The Morgan fingerprint density at radius 1 is 1.30 bits per heavy atom. The number of hydrogen-bond acceptors (Lipinski definition) is 4. The summed E-state index contributed by atoms with van der Waals surface area (Å²) in [6.07, 6.45) is 4.07. The van der Waals surface area contributed by atoms with E-state index in [-0.39, 0.29) is 0 Å². The SMILES string of the molecule is Cc1ccnc(OCc2ccc(C=C[N+](=O)[O-])cc2)c1. The van der Waals surface area contributed by atoms with E-state index in [1.807, 2.05) is 43.3 Å². The predicted octanol–water partition coefficient (Wildman–Crippen LogP) is 3.22. The average molecular weight is 270 g/mol. The molecule has 0 amide bonds. The van der Waals surface area contributed by atoms with Gasteiger partial charge >= 0.3 is 0 Å². The number of benzene rings is 1. The summed E-state index contributed by atoms with van der Waals surface area (Å²) in [5.74, 6) is 0.585. The van der Waals surface area contributed by atoms with Crippen molar-refractivity contribution in [2.75, 3.05) is 0 Å². The topological polar surface area (TPSA) is 65.3 Å². The van der Waals surface area contributed by atoms with Crippen LogP contribution in [0.5, 0.6) is 5.88 Å². The van der Waals surface area contributed by atoms with Gasteiger partial charge in [0.2, 0.25) is 12.1 Å². The number of aromatic nitrogens is 1. The molecule has 2 aromatic rings. The Kier molecular flexibility index (Phi) is 4.44. The van der Waals surface area contributed by atoms with Gasteiger partial charge in [-0.15, -0.1) is 0 Å². The first-order valence-electron chi connectivity index (χ1n) is 6.09. The smallest absolute Gasteiger partial charge is 0.235 e. The normalized spacial score (nSPS) is 10.7. The van der Waals surface area contributed by atoms with Gasteiger partial charge in [-0.1, -0.05) is 24.3 Å². The number of nitrogens with zero attached hydrogens (tertiary/aromatic N) is 2. The lowest BCUT2D eigenvalue weighted by molar-refractivity contribution is -0.400. The molecule has 0 bridgehead atoms. The molecule has 5 heteroatoms. The maximum absolute atomic E-state index is 10.2. The molecular weight excluding hydrogens is 256 g/mol. The van der Waals surface area contributed by atoms with Crippen LogP contribution in [0.25, 0.3) is 6.08 Å². The molecule has 2 rings (SSSR count). The molecule has 0 atom stereocenters. The van der Waals surface area contributed by atoms with Gasteiger partial charge in [-0.05, 0) is 29.7 Å². The van der Waals surface area contributed by atoms with Gasteiger partial charge < -0.3 is 4.74 Å². The molecule has 1 aromatic heterocycles. The highest BCUT2D eigenvalue weighted by molar-refractivity contribution is 5.48. The summed E-state index contributed by atoms with van der Waals surface area (Å²) in [5, 5.41) is 10.2. The Hall–Kier alpha value is -2.69. The Morgan fingerprint density at radius 3 is 2.70 bits per heavy atom. The van der Waals surface area contributed by atoms with Crippen molar-refractivity contribution in [2.45, 2.75) is 13.5 Å². The third-order valence-corrected chi connectivity index (χ3v) is 2.65. The van der Waals surface area contributed by atoms with Crippen LogP contribution in [0.4, 0.5) is 0 Å². The van der Waals surface area contributed by atoms with Crippen LogP contribution in [0.1, 0.15) is 16.7 Å². The van der Waals surface area contributed by atoms with Crippen LogP contribution in [0, 0.1) is 17.0 Å². The van der Waals surface area contributed by atoms with Crippen molar-refractivity contribution in [3.05, 3.63) is 75.6 Å². The molecule has 102 valence electrons. The van der Waals surface area contributed by atoms with Crippen LogP contribution in [0.15, 0.2) is 48.8 Å². The fourth-order valence-corrected chi connectivity index (χ4v) is 1.62. The molecule has 0 spiro atoms. The zero-order chi connectivity index (χ0) is 14.4. The van der Waals surface area contributed by atoms with E-state index in [0.29, 0.717) is 12.5 Å². The van der Waals surface area contributed by atoms with Gasteiger partial charge in [-0.2, -0.15) is 0 Å². The maximum Gasteiger partial charge on any atom is 0.235 e. The van der Waals surface area contributed by atoms with E-state index >= 15 is 0 Å². The van der Waals surface area contributed by atoms with Gasteiger partial charge in [0, 0.05) is 18.3 Å². The third kappa shape index (κ3) is 4.20. The van der Waals surface area contributed by atoms with Gasteiger partial charge in [0.15, 0.2) is 0 Å². The minimum Gasteiger partial charge on any atom is -0.473 e. The Morgan fingerprint density at radius 2 is 2.05 bits per heavy atom. The standard InChI is InChI=1S/C15H14N2O3/c1-12-6-8-16-15(10-12)20-11-14-4-2-13(3-5-14)7-9-17(18)19/h2-10H,11H2,1H3. The summed E-state index contributed by atoms with van der Waals surface area (Å²) in [5.41, 5.74) is 2.85. The molecular formula is C15H14N2O3. The average Bonchev–Trinajstić information content (AvgIpc) is 2.44. The summed E-state index contributed by atoms with van der Waals surface area (Å²) in [4.78, 5) is 13.8. The molecule has 0 saturated heterocycles. The van der Waals surface area contributed by atoms with E-state index in [1.54, 1.807) is 6.20 Å². The molecule has 20 heavy (non-hydrogen) atoms. The van der Waals surface area contributed by atoms with Gasteiger partial charge in [-0.25, -0.2) is 4.98 Å². The molecule has 1 aromatic carbocycles. The first kappa shape index (κ1) is 13.7. The second kappa shape index (κ2) is 6.47. The molecule has 0 saturated carbocycles. The molecule has 0 unspecified atom stereocenters. The van der Waals surface area contributed by atoms with Crippen molar-refractivity contribution in [2.24, 2.45) is 0 Å². The summed E-state index contributed by atoms with van der Waals surface area (Å²) in [6, 6.07) is 11.1. The maximum atomic E-state index is 10.2. The van der Waals surface area contributed by atoms with E-state index in [9.17, 15) is 10.1 Å². The fraction of sp³-hybridized carbons (Fsp3) is 0.133. The zero-order valence-corrected chi connectivity index (χ0v) is 11.0. The van der Waals surface area contributed by atoms with E-state index in [2.05, 4.69) is 4.98 Å². The van der Waals surface area contributed by atoms with Gasteiger partial charge in [0.05, 0.1) is 4.92 Å². The van der Waals surface area contributed by atoms with E-state index in [0.717, 1.165) is 22.9 Å². The quantitative estimate of drug-likeness (QED) is 0.618. The highest BCUT2D eigenvalue weighted by Gasteiger charge is 1.98. The van der Waals surface area contributed by atoms with Crippen LogP contribution in [0.2, 0.25) is 0 Å². The van der Waals surface area contributed by atoms with Gasteiger partial charge in [-0.3, -0.25) is 10.1 Å². The first-order chi connectivity index (χ1) is 9.63. The summed E-state index contributed by atoms with van der Waals surface area (Å²) >= 11 is 0. The Bertz CT molecular complexity index is 621. The molecule has 1 heterocycles. The summed E-state index contributed by atoms with van der Waals surface area (Å²) in [7, 11) is 0. The predicted molar refractivity (Wildman–Crippen MR) is 75.8 cm³/mol. The second-order valence-corrected chi connectivity index (χ2v) is 4.30. The van der Waals surface area contributed by atoms with Gasteiger partial charge in [0.25, 0.3) is 0 Å². The highest BCUT2D eigenvalue weighted by atomic mass is 16.6. The van der Waals surface area contributed by atoms with Gasteiger partial charge in [0.1, 0.15) is 6.61 Å². The van der Waals surface area contributed by atoms with Crippen molar-refractivity contribution >= 4 is 6.08 Å². The molecule has 0 radical (unpaired) electrons. The number of aryl methyl sites for hydroxylation is 1. The van der Waals surface area contributed by atoms with Crippen molar-refractivity contribution in [1.82, 2.24) is 4.98 Å². The summed E-state index contributed by atoms with van der Waals surface area (Å²) < 4.78 is 5.57. The lowest BCUT2D eigenvalue weighted by Gasteiger charge is -2.06. The minimum atomic E-state index is -0.486. The molecule has 0 aliphatic heterocycles. The van der Waals surface area contributed by atoms with Crippen LogP contribution in [-0.2, 0) is 6.61 Å². The lowest BCUT2D eigenvalue weighted by Crippen LogP contribution is -1.97. The number of nitro groups is 1. The molecule has 5 nitrogen and oxygen atoms in total. The van der Waals surface area contributed by atoms with Crippen LogP contribution in [0.3, 0.4) is 0 Å². The number of pyridine rings is 1. The van der Waals surface area contributed by atoms with E-state index in [1.165, 1.54) is 6.08 Å². The lowest BCUT2D eigenvalue weighted by atomic mass is 10.1. The fourth-order valence-electron chi connectivity index (χ4n) is 1.62. The van der Waals surface area contributed by atoms with Crippen molar-refractivity contribution in [3.63, 3.8) is 0 Å². The molecule has 0 fully saturated rings. The van der Waals surface area contributed by atoms with E-state index < -0.39 is 4.92 Å². The van der Waals surface area contributed by atoms with Crippen molar-refractivity contribution < 1.29 is 9.66 Å². The zero-order valence-electron chi connectivity index (χ0n) is 11.0. The van der Waals surface area contributed by atoms with E-state index in [4.69, 9.17) is 4.74 Å². The number of rotatable bonds is 5. The first-order valence-corrected chi connectivity index (χ1v) is 6.09. The largest absolute Gasteiger partial charge is 0.473 e. The molecule has 0 aliphatic carbocycles. The van der Waals surface area contributed by atoms with Crippen molar-refractivity contribution in [3.8, 4) is 5.88 Å². The monoisotopic (exact) mass is 270 g/mol. The van der Waals surface area contributed by atoms with Crippen LogP contribution in [-0.4, -0.2) is 9.91 Å².